The van der Waals surface area contributed by atoms with Gasteiger partial charge < -0.3 is 13.9 Å². The molecule has 9 nitrogen and oxygen atoms in total. The molecule has 3 rings (SSSR count). The second kappa shape index (κ2) is 8.31. The molecular formula is C19H19N3O6S. The van der Waals surface area contributed by atoms with E-state index in [1.165, 1.54) is 26.4 Å². The fourth-order valence-electron chi connectivity index (χ4n) is 2.51. The van der Waals surface area contributed by atoms with Crippen LogP contribution in [0, 0.1) is 0 Å². The lowest BCUT2D eigenvalue weighted by Crippen LogP contribution is -2.12. The molecule has 1 N–H and O–H groups in total. The number of anilines is 1. The highest BCUT2D eigenvalue weighted by Gasteiger charge is 2.15. The summed E-state index contributed by atoms with van der Waals surface area (Å²) in [6.07, 6.45) is 1.44. The molecule has 10 heteroatoms. The van der Waals surface area contributed by atoms with Gasteiger partial charge in [0.15, 0.2) is 9.84 Å². The lowest BCUT2D eigenvalue weighted by Gasteiger charge is -2.07. The Morgan fingerprint density at radius 3 is 2.21 bits per heavy atom. The second-order valence-corrected chi connectivity index (χ2v) is 8.17. The molecule has 152 valence electrons. The fraction of sp³-hybridized carbons (Fsp3) is 0.211. The van der Waals surface area contributed by atoms with E-state index in [9.17, 15) is 13.2 Å². The molecule has 0 fully saturated rings. The van der Waals surface area contributed by atoms with Gasteiger partial charge >= 0.3 is 6.01 Å². The maximum Gasteiger partial charge on any atom is 0.322 e. The predicted octanol–water partition coefficient (Wildman–Crippen LogP) is 2.33. The average Bonchev–Trinajstić information content (AvgIpc) is 3.13. The number of nitrogens with one attached hydrogen (secondary N) is 1. The Morgan fingerprint density at radius 1 is 1.03 bits per heavy atom. The highest BCUT2D eigenvalue weighted by molar-refractivity contribution is 7.90. The van der Waals surface area contributed by atoms with Gasteiger partial charge in [0.05, 0.1) is 25.5 Å². The number of carbonyl (C=O) groups excluding carboxylic acids is 1. The maximum atomic E-state index is 12.4. The van der Waals surface area contributed by atoms with Crippen molar-refractivity contribution in [1.82, 2.24) is 10.2 Å². The van der Waals surface area contributed by atoms with Gasteiger partial charge in [-0.3, -0.25) is 10.1 Å². The zero-order chi connectivity index (χ0) is 21.0. The van der Waals surface area contributed by atoms with Crippen LogP contribution in [0.3, 0.4) is 0 Å². The minimum atomic E-state index is -3.26. The SMILES string of the molecule is COc1cc(OC)cc(C(=O)Nc2nnc(Cc3ccc(S(C)(=O)=O)cc3)o2)c1. The number of hydrogen-bond donors (Lipinski definition) is 1. The quantitative estimate of drug-likeness (QED) is 0.622. The van der Waals surface area contributed by atoms with E-state index in [2.05, 4.69) is 15.5 Å². The van der Waals surface area contributed by atoms with Crippen molar-refractivity contribution < 1.29 is 27.1 Å². The third-order valence-electron chi connectivity index (χ3n) is 4.01. The van der Waals surface area contributed by atoms with Crippen molar-refractivity contribution in [3.05, 3.63) is 59.5 Å². The summed E-state index contributed by atoms with van der Waals surface area (Å²) < 4.78 is 38.8. The molecule has 0 atom stereocenters. The van der Waals surface area contributed by atoms with E-state index in [1.807, 2.05) is 0 Å². The molecule has 0 aliphatic carbocycles. The predicted molar refractivity (Wildman–Crippen MR) is 104 cm³/mol. The second-order valence-electron chi connectivity index (χ2n) is 6.15. The molecule has 3 aromatic rings. The van der Waals surface area contributed by atoms with E-state index in [0.717, 1.165) is 11.8 Å². The van der Waals surface area contributed by atoms with Crippen LogP contribution in [0.25, 0.3) is 0 Å². The van der Waals surface area contributed by atoms with Crippen LogP contribution in [-0.4, -0.2) is 45.0 Å². The maximum absolute atomic E-state index is 12.4. The first-order valence-corrected chi connectivity index (χ1v) is 10.3. The van der Waals surface area contributed by atoms with Gasteiger partial charge in [-0.25, -0.2) is 8.42 Å². The highest BCUT2D eigenvalue weighted by Crippen LogP contribution is 2.23. The first-order chi connectivity index (χ1) is 13.8. The van der Waals surface area contributed by atoms with Crippen molar-refractivity contribution in [3.63, 3.8) is 0 Å². The van der Waals surface area contributed by atoms with Gasteiger partial charge in [0.25, 0.3) is 5.91 Å². The van der Waals surface area contributed by atoms with Gasteiger partial charge in [0.1, 0.15) is 11.5 Å². The van der Waals surface area contributed by atoms with E-state index in [1.54, 1.807) is 30.3 Å². The minimum Gasteiger partial charge on any atom is -0.497 e. The molecule has 0 unspecified atom stereocenters. The summed E-state index contributed by atoms with van der Waals surface area (Å²) in [7, 11) is -0.277. The van der Waals surface area contributed by atoms with E-state index >= 15 is 0 Å². The lowest BCUT2D eigenvalue weighted by molar-refractivity contribution is 0.102. The van der Waals surface area contributed by atoms with Crippen LogP contribution in [0.15, 0.2) is 51.8 Å². The van der Waals surface area contributed by atoms with Crippen LogP contribution < -0.4 is 14.8 Å². The summed E-state index contributed by atoms with van der Waals surface area (Å²) in [5.74, 6) is 0.752. The third kappa shape index (κ3) is 5.11. The Bertz CT molecular complexity index is 1100. The van der Waals surface area contributed by atoms with Crippen LogP contribution >= 0.6 is 0 Å². The molecule has 0 radical (unpaired) electrons. The monoisotopic (exact) mass is 417 g/mol. The Kier molecular flexibility index (Phi) is 5.83. The van der Waals surface area contributed by atoms with Gasteiger partial charge in [0.2, 0.25) is 5.89 Å². The number of hydrogen-bond acceptors (Lipinski definition) is 8. The summed E-state index contributed by atoms with van der Waals surface area (Å²) >= 11 is 0. The summed E-state index contributed by atoms with van der Waals surface area (Å²) in [4.78, 5) is 12.7. The van der Waals surface area contributed by atoms with Gasteiger partial charge in [0, 0.05) is 17.9 Å². The van der Waals surface area contributed by atoms with E-state index in [0.29, 0.717) is 23.5 Å². The summed E-state index contributed by atoms with van der Waals surface area (Å²) in [6, 6.07) is 11.1. The summed E-state index contributed by atoms with van der Waals surface area (Å²) in [6.45, 7) is 0. The van der Waals surface area contributed by atoms with Crippen molar-refractivity contribution in [2.45, 2.75) is 11.3 Å². The number of amides is 1. The Morgan fingerprint density at radius 2 is 1.66 bits per heavy atom. The zero-order valence-electron chi connectivity index (χ0n) is 16.0. The number of aromatic nitrogens is 2. The van der Waals surface area contributed by atoms with Gasteiger partial charge in [-0.05, 0) is 29.8 Å². The Hall–Kier alpha value is -3.40. The van der Waals surface area contributed by atoms with Crippen molar-refractivity contribution in [3.8, 4) is 11.5 Å². The summed E-state index contributed by atoms with van der Waals surface area (Å²) in [5, 5.41) is 10.2. The molecule has 0 bridgehead atoms. The molecule has 2 aromatic carbocycles. The molecule has 1 amide bonds. The molecule has 0 spiro atoms. The number of rotatable bonds is 7. The van der Waals surface area contributed by atoms with Crippen molar-refractivity contribution in [1.29, 1.82) is 0 Å². The topological polar surface area (TPSA) is 121 Å². The molecule has 0 saturated carbocycles. The molecule has 0 aliphatic heterocycles. The van der Waals surface area contributed by atoms with Crippen LogP contribution in [0.4, 0.5) is 6.01 Å². The smallest absolute Gasteiger partial charge is 0.322 e. The molecule has 0 aliphatic rings. The largest absolute Gasteiger partial charge is 0.497 e. The van der Waals surface area contributed by atoms with E-state index in [-0.39, 0.29) is 16.8 Å². The van der Waals surface area contributed by atoms with Crippen molar-refractivity contribution in [2.24, 2.45) is 0 Å². The molecule has 1 aromatic heterocycles. The standard InChI is InChI=1S/C19H19N3O6S/c1-26-14-9-13(10-15(11-14)27-2)18(23)20-19-22-21-17(28-19)8-12-4-6-16(7-5-12)29(3,24)25/h4-7,9-11H,8H2,1-3H3,(H,20,22,23). The molecular weight excluding hydrogens is 398 g/mol. The van der Waals surface area contributed by atoms with Crippen LogP contribution in [0.2, 0.25) is 0 Å². The van der Waals surface area contributed by atoms with Crippen LogP contribution in [0.1, 0.15) is 21.8 Å². The van der Waals surface area contributed by atoms with Crippen LogP contribution in [-0.2, 0) is 16.3 Å². The number of ether oxygens (including phenoxy) is 2. The lowest BCUT2D eigenvalue weighted by atomic mass is 10.1. The Labute approximate surface area is 167 Å². The minimum absolute atomic E-state index is 0.0560. The van der Waals surface area contributed by atoms with E-state index < -0.39 is 15.7 Å². The number of sulfone groups is 1. The van der Waals surface area contributed by atoms with Crippen molar-refractivity contribution in [2.75, 3.05) is 25.8 Å². The summed E-state index contributed by atoms with van der Waals surface area (Å²) in [5.41, 5.74) is 1.09. The number of methoxy groups -OCH3 is 2. The van der Waals surface area contributed by atoms with Gasteiger partial charge in [-0.1, -0.05) is 17.2 Å². The average molecular weight is 417 g/mol. The van der Waals surface area contributed by atoms with Crippen LogP contribution in [0.5, 0.6) is 11.5 Å². The normalized spacial score (nSPS) is 11.1. The fourth-order valence-corrected chi connectivity index (χ4v) is 3.14. The number of carbonyl (C=O) groups is 1. The van der Waals surface area contributed by atoms with Gasteiger partial charge in [-0.2, -0.15) is 0 Å². The highest BCUT2D eigenvalue weighted by atomic mass is 32.2. The van der Waals surface area contributed by atoms with E-state index in [4.69, 9.17) is 13.9 Å². The molecule has 29 heavy (non-hydrogen) atoms. The first-order valence-electron chi connectivity index (χ1n) is 8.44. The van der Waals surface area contributed by atoms with Crippen molar-refractivity contribution >= 4 is 21.8 Å². The molecule has 0 saturated heterocycles. The van der Waals surface area contributed by atoms with Gasteiger partial charge in [-0.15, -0.1) is 5.10 Å². The third-order valence-corrected chi connectivity index (χ3v) is 5.14. The number of benzene rings is 2. The Balaban J connectivity index is 1.69. The number of nitrogens with zero attached hydrogens (tertiary/aromatic N) is 2. The zero-order valence-corrected chi connectivity index (χ0v) is 16.8. The molecule has 1 heterocycles. The first kappa shape index (κ1) is 20.3.